The van der Waals surface area contributed by atoms with Crippen LogP contribution in [0.5, 0.6) is 0 Å². The smallest absolute Gasteiger partial charge is 0.254 e. The first-order valence-electron chi connectivity index (χ1n) is 12.8. The number of carbonyl (C=O) groups is 2. The Kier molecular flexibility index (Phi) is 8.32. The summed E-state index contributed by atoms with van der Waals surface area (Å²) in [6.07, 6.45) is 0.729. The van der Waals surface area contributed by atoms with Gasteiger partial charge in [0.2, 0.25) is 5.91 Å². The van der Waals surface area contributed by atoms with Crippen LogP contribution in [-0.4, -0.2) is 39.6 Å². The molecule has 6 nitrogen and oxygen atoms in total. The minimum absolute atomic E-state index is 0.0777. The Morgan fingerprint density at radius 3 is 2.18 bits per heavy atom. The molecule has 4 rings (SSSR count). The molecule has 0 atom stereocenters. The number of rotatable bonds is 8. The maximum atomic E-state index is 13.4. The predicted octanol–water partition coefficient (Wildman–Crippen LogP) is 6.98. The van der Waals surface area contributed by atoms with Crippen molar-refractivity contribution < 1.29 is 9.59 Å². The second kappa shape index (κ2) is 11.7. The van der Waals surface area contributed by atoms with Crippen LogP contribution in [0.4, 0.5) is 5.82 Å². The molecule has 0 aliphatic rings. The van der Waals surface area contributed by atoms with Crippen molar-refractivity contribution in [2.75, 3.05) is 18.4 Å². The summed E-state index contributed by atoms with van der Waals surface area (Å²) in [6, 6.07) is 26.7. The standard InChI is InChI=1S/C31H33ClN4O2/c1-5-19-35(30(38)24-17-15-23(16-18-24)22-11-7-6-8-12-22)21-29(37)33-28-20-27(31(2,3)4)34-36(28)26-14-10-9-13-25(26)32/h6-18,20H,5,19,21H2,1-4H3,(H,33,37). The zero-order chi connectivity index (χ0) is 27.3. The van der Waals surface area contributed by atoms with Crippen molar-refractivity contribution in [3.63, 3.8) is 0 Å². The zero-order valence-corrected chi connectivity index (χ0v) is 23.0. The highest BCUT2D eigenvalue weighted by Gasteiger charge is 2.24. The van der Waals surface area contributed by atoms with Gasteiger partial charge in [0.15, 0.2) is 0 Å². The van der Waals surface area contributed by atoms with Gasteiger partial charge in [-0.2, -0.15) is 5.10 Å². The quantitative estimate of drug-likeness (QED) is 0.268. The molecule has 196 valence electrons. The Bertz CT molecular complexity index is 1410. The monoisotopic (exact) mass is 528 g/mol. The zero-order valence-electron chi connectivity index (χ0n) is 22.2. The third-order valence-electron chi connectivity index (χ3n) is 6.18. The molecule has 0 bridgehead atoms. The first-order valence-corrected chi connectivity index (χ1v) is 13.1. The maximum Gasteiger partial charge on any atom is 0.254 e. The summed E-state index contributed by atoms with van der Waals surface area (Å²) in [7, 11) is 0. The average molecular weight is 529 g/mol. The number of nitrogens with one attached hydrogen (secondary N) is 1. The van der Waals surface area contributed by atoms with Crippen molar-refractivity contribution in [2.24, 2.45) is 0 Å². The molecule has 2 amide bonds. The second-order valence-corrected chi connectivity index (χ2v) is 10.7. The molecule has 1 aromatic heterocycles. The minimum Gasteiger partial charge on any atom is -0.329 e. The Morgan fingerprint density at radius 1 is 0.921 bits per heavy atom. The minimum atomic E-state index is -0.304. The van der Waals surface area contributed by atoms with E-state index < -0.39 is 0 Å². The van der Waals surface area contributed by atoms with Crippen LogP contribution in [0.3, 0.4) is 0 Å². The fraction of sp³-hybridized carbons (Fsp3) is 0.258. The Balaban J connectivity index is 1.54. The molecule has 4 aromatic rings. The van der Waals surface area contributed by atoms with Crippen molar-refractivity contribution in [3.05, 3.63) is 101 Å². The number of para-hydroxylation sites is 1. The van der Waals surface area contributed by atoms with Gasteiger partial charge in [-0.25, -0.2) is 4.68 Å². The highest BCUT2D eigenvalue weighted by atomic mass is 35.5. The van der Waals surface area contributed by atoms with E-state index in [-0.39, 0.29) is 23.8 Å². The lowest BCUT2D eigenvalue weighted by Gasteiger charge is -2.22. The van der Waals surface area contributed by atoms with Gasteiger partial charge in [-0.05, 0) is 41.8 Å². The number of hydrogen-bond acceptors (Lipinski definition) is 3. The van der Waals surface area contributed by atoms with Crippen LogP contribution in [0.15, 0.2) is 84.9 Å². The van der Waals surface area contributed by atoms with Crippen LogP contribution < -0.4 is 5.32 Å². The lowest BCUT2D eigenvalue weighted by atomic mass is 9.92. The molecule has 7 heteroatoms. The van der Waals surface area contributed by atoms with Gasteiger partial charge >= 0.3 is 0 Å². The van der Waals surface area contributed by atoms with Crippen LogP contribution in [0.1, 0.15) is 50.2 Å². The van der Waals surface area contributed by atoms with E-state index in [1.807, 2.05) is 85.8 Å². The lowest BCUT2D eigenvalue weighted by Crippen LogP contribution is -2.38. The number of nitrogens with zero attached hydrogens (tertiary/aromatic N) is 3. The number of aromatic nitrogens is 2. The lowest BCUT2D eigenvalue weighted by molar-refractivity contribution is -0.116. The number of amides is 2. The number of benzene rings is 3. The van der Waals surface area contributed by atoms with E-state index in [0.717, 1.165) is 23.2 Å². The third kappa shape index (κ3) is 6.32. The molecule has 3 aromatic carbocycles. The van der Waals surface area contributed by atoms with Crippen molar-refractivity contribution in [3.8, 4) is 16.8 Å². The second-order valence-electron chi connectivity index (χ2n) is 10.2. The molecule has 0 spiro atoms. The first kappa shape index (κ1) is 27.1. The highest BCUT2D eigenvalue weighted by Crippen LogP contribution is 2.29. The highest BCUT2D eigenvalue weighted by molar-refractivity contribution is 6.32. The summed E-state index contributed by atoms with van der Waals surface area (Å²) in [4.78, 5) is 28.1. The van der Waals surface area contributed by atoms with Gasteiger partial charge in [-0.15, -0.1) is 0 Å². The van der Waals surface area contributed by atoms with Crippen LogP contribution >= 0.6 is 11.6 Å². The maximum absolute atomic E-state index is 13.4. The average Bonchev–Trinajstić information content (AvgIpc) is 3.33. The Morgan fingerprint density at radius 2 is 1.55 bits per heavy atom. The van der Waals surface area contributed by atoms with Crippen molar-refractivity contribution in [1.29, 1.82) is 0 Å². The van der Waals surface area contributed by atoms with E-state index in [1.165, 1.54) is 0 Å². The van der Waals surface area contributed by atoms with E-state index >= 15 is 0 Å². The normalized spacial score (nSPS) is 11.3. The number of halogens is 1. The molecule has 1 N–H and O–H groups in total. The van der Waals surface area contributed by atoms with Crippen LogP contribution in [0, 0.1) is 0 Å². The number of carbonyl (C=O) groups excluding carboxylic acids is 2. The number of anilines is 1. The molecule has 0 aliphatic carbocycles. The summed E-state index contributed by atoms with van der Waals surface area (Å²) in [5.74, 6) is 0.0158. The van der Waals surface area contributed by atoms with Gasteiger partial charge in [-0.1, -0.05) is 93.9 Å². The SMILES string of the molecule is CCCN(CC(=O)Nc1cc(C(C)(C)C)nn1-c1ccccc1Cl)C(=O)c1ccc(-c2ccccc2)cc1. The van der Waals surface area contributed by atoms with E-state index in [1.54, 1.807) is 15.6 Å². The van der Waals surface area contributed by atoms with Gasteiger partial charge < -0.3 is 10.2 Å². The van der Waals surface area contributed by atoms with Gasteiger partial charge in [-0.3, -0.25) is 9.59 Å². The fourth-order valence-corrected chi connectivity index (χ4v) is 4.36. The molecule has 1 heterocycles. The molecular formula is C31H33ClN4O2. The van der Waals surface area contributed by atoms with Crippen LogP contribution in [0.25, 0.3) is 16.8 Å². The molecule has 0 aliphatic heterocycles. The predicted molar refractivity (Wildman–Crippen MR) is 154 cm³/mol. The van der Waals surface area contributed by atoms with E-state index in [0.29, 0.717) is 28.6 Å². The van der Waals surface area contributed by atoms with E-state index in [9.17, 15) is 9.59 Å². The van der Waals surface area contributed by atoms with Gasteiger partial charge in [0, 0.05) is 23.6 Å². The van der Waals surface area contributed by atoms with Crippen LogP contribution in [0.2, 0.25) is 5.02 Å². The summed E-state index contributed by atoms with van der Waals surface area (Å²) in [6.45, 7) is 8.54. The van der Waals surface area contributed by atoms with E-state index in [4.69, 9.17) is 16.7 Å². The first-order chi connectivity index (χ1) is 18.2. The summed E-state index contributed by atoms with van der Waals surface area (Å²) < 4.78 is 1.65. The van der Waals surface area contributed by atoms with Gasteiger partial charge in [0.05, 0.1) is 16.4 Å². The summed E-state index contributed by atoms with van der Waals surface area (Å²) >= 11 is 6.45. The van der Waals surface area contributed by atoms with Crippen molar-refractivity contribution >= 4 is 29.2 Å². The Hall–Kier alpha value is -3.90. The Labute approximate surface area is 229 Å². The third-order valence-corrected chi connectivity index (χ3v) is 6.50. The molecule has 0 radical (unpaired) electrons. The number of hydrogen-bond donors (Lipinski definition) is 1. The summed E-state index contributed by atoms with van der Waals surface area (Å²) in [5.41, 5.74) is 3.91. The molecule has 0 saturated heterocycles. The molecule has 38 heavy (non-hydrogen) atoms. The van der Waals surface area contributed by atoms with Crippen LogP contribution in [-0.2, 0) is 10.2 Å². The van der Waals surface area contributed by atoms with Crippen molar-refractivity contribution in [2.45, 2.75) is 39.5 Å². The molecular weight excluding hydrogens is 496 g/mol. The summed E-state index contributed by atoms with van der Waals surface area (Å²) in [5, 5.41) is 8.22. The fourth-order valence-electron chi connectivity index (χ4n) is 4.14. The molecule has 0 fully saturated rings. The van der Waals surface area contributed by atoms with Crippen molar-refractivity contribution in [1.82, 2.24) is 14.7 Å². The largest absolute Gasteiger partial charge is 0.329 e. The van der Waals surface area contributed by atoms with E-state index in [2.05, 4.69) is 26.1 Å². The topological polar surface area (TPSA) is 67.2 Å². The van der Waals surface area contributed by atoms with Gasteiger partial charge in [0.1, 0.15) is 12.4 Å². The molecule has 0 unspecified atom stereocenters. The molecule has 0 saturated carbocycles. The van der Waals surface area contributed by atoms with Gasteiger partial charge in [0.25, 0.3) is 5.91 Å².